The molecule has 0 atom stereocenters. The highest BCUT2D eigenvalue weighted by Crippen LogP contribution is 2.10. The number of aromatic nitrogens is 1. The first kappa shape index (κ1) is 23.0. The first-order valence-corrected chi connectivity index (χ1v) is 8.95. The van der Waals surface area contributed by atoms with Crippen LogP contribution in [0.15, 0.2) is 47.6 Å². The van der Waals surface area contributed by atoms with Crippen molar-refractivity contribution in [2.24, 2.45) is 12.0 Å². The van der Waals surface area contributed by atoms with Crippen LogP contribution in [0.2, 0.25) is 0 Å². The maximum Gasteiger partial charge on any atom is 0.221 e. The van der Waals surface area contributed by atoms with E-state index in [9.17, 15) is 4.79 Å². The molecule has 6 nitrogen and oxygen atoms in total. The van der Waals surface area contributed by atoms with Crippen LogP contribution in [-0.4, -0.2) is 41.5 Å². The van der Waals surface area contributed by atoms with Gasteiger partial charge in [0.25, 0.3) is 0 Å². The van der Waals surface area contributed by atoms with E-state index in [1.165, 1.54) is 18.2 Å². The van der Waals surface area contributed by atoms with Crippen LogP contribution in [0.3, 0.4) is 0 Å². The molecular formula is C20H30IN5O. The van der Waals surface area contributed by atoms with Crippen molar-refractivity contribution >= 4 is 41.5 Å². The van der Waals surface area contributed by atoms with Crippen molar-refractivity contribution in [3.05, 3.63) is 53.9 Å². The van der Waals surface area contributed by atoms with Gasteiger partial charge in [0.2, 0.25) is 5.91 Å². The number of hydrogen-bond acceptors (Lipinski definition) is 2. The van der Waals surface area contributed by atoms with E-state index < -0.39 is 0 Å². The van der Waals surface area contributed by atoms with E-state index in [0.29, 0.717) is 6.54 Å². The average molecular weight is 483 g/mol. The zero-order valence-corrected chi connectivity index (χ0v) is 18.9. The molecule has 2 aromatic rings. The number of aryl methyl sites for hydroxylation is 1. The summed E-state index contributed by atoms with van der Waals surface area (Å²) in [4.78, 5) is 17.9. The lowest BCUT2D eigenvalue weighted by atomic mass is 10.1. The number of nitrogens with zero attached hydrogens (tertiary/aromatic N) is 3. The Balaban J connectivity index is 0.00000364. The quantitative estimate of drug-likeness (QED) is 0.361. The maximum absolute atomic E-state index is 11.1. The van der Waals surface area contributed by atoms with Crippen LogP contribution in [0.1, 0.15) is 25.1 Å². The summed E-state index contributed by atoms with van der Waals surface area (Å²) in [6, 6.07) is 12.1. The third-order valence-corrected chi connectivity index (χ3v) is 4.08. The van der Waals surface area contributed by atoms with Crippen molar-refractivity contribution in [3.63, 3.8) is 0 Å². The van der Waals surface area contributed by atoms with Gasteiger partial charge in [-0.3, -0.25) is 9.79 Å². The molecule has 1 aromatic heterocycles. The van der Waals surface area contributed by atoms with E-state index in [4.69, 9.17) is 4.99 Å². The number of carbonyl (C=O) groups is 1. The topological polar surface area (TPSA) is 61.7 Å². The molecule has 148 valence electrons. The zero-order valence-electron chi connectivity index (χ0n) is 16.5. The number of anilines is 1. The summed E-state index contributed by atoms with van der Waals surface area (Å²) in [5.74, 6) is 0.849. The summed E-state index contributed by atoms with van der Waals surface area (Å²) in [7, 11) is 4.11. The Kier molecular flexibility index (Phi) is 9.92. The summed E-state index contributed by atoms with van der Waals surface area (Å²) >= 11 is 0. The number of hydrogen-bond donors (Lipinski definition) is 2. The standard InChI is InChI=1S/C20H29N5O.HI/c1-5-21-20(25(4)15-19-7-6-14-24(19)3)22-13-12-17-8-10-18(11-9-17)23-16(2)26;/h6-11,14H,5,12-13,15H2,1-4H3,(H,21,22)(H,23,26);1H. The Bertz CT molecular complexity index is 739. The van der Waals surface area contributed by atoms with Crippen LogP contribution >= 0.6 is 24.0 Å². The fraction of sp³-hybridized carbons (Fsp3) is 0.400. The average Bonchev–Trinajstić information content (AvgIpc) is 3.00. The summed E-state index contributed by atoms with van der Waals surface area (Å²) in [6.07, 6.45) is 2.91. The van der Waals surface area contributed by atoms with Gasteiger partial charge in [-0.15, -0.1) is 24.0 Å². The molecule has 0 aliphatic carbocycles. The van der Waals surface area contributed by atoms with Crippen LogP contribution in [0.25, 0.3) is 0 Å². The maximum atomic E-state index is 11.1. The molecule has 0 spiro atoms. The minimum atomic E-state index is -0.0566. The zero-order chi connectivity index (χ0) is 18.9. The Hall–Kier alpha value is -2.03. The molecule has 0 saturated heterocycles. The lowest BCUT2D eigenvalue weighted by Crippen LogP contribution is -2.39. The van der Waals surface area contributed by atoms with Gasteiger partial charge in [-0.25, -0.2) is 0 Å². The van der Waals surface area contributed by atoms with E-state index >= 15 is 0 Å². The first-order valence-electron chi connectivity index (χ1n) is 8.95. The minimum absolute atomic E-state index is 0. The molecule has 7 heteroatoms. The number of benzene rings is 1. The summed E-state index contributed by atoms with van der Waals surface area (Å²) in [6.45, 7) is 5.94. The second-order valence-electron chi connectivity index (χ2n) is 6.33. The van der Waals surface area contributed by atoms with Gasteiger partial charge in [0.15, 0.2) is 5.96 Å². The number of halogens is 1. The third kappa shape index (κ3) is 7.62. The van der Waals surface area contributed by atoms with E-state index in [0.717, 1.165) is 31.2 Å². The molecule has 2 rings (SSSR count). The first-order chi connectivity index (χ1) is 12.5. The number of carbonyl (C=O) groups excluding carboxylic acids is 1. The Labute approximate surface area is 179 Å². The number of nitrogens with one attached hydrogen (secondary N) is 2. The number of amides is 1. The van der Waals surface area contributed by atoms with Gasteiger partial charge in [0, 0.05) is 51.7 Å². The second kappa shape index (κ2) is 11.6. The fourth-order valence-electron chi connectivity index (χ4n) is 2.70. The lowest BCUT2D eigenvalue weighted by Gasteiger charge is -2.22. The lowest BCUT2D eigenvalue weighted by molar-refractivity contribution is -0.114. The van der Waals surface area contributed by atoms with Gasteiger partial charge in [0.1, 0.15) is 0 Å². The molecule has 1 aromatic carbocycles. The van der Waals surface area contributed by atoms with Gasteiger partial charge in [-0.05, 0) is 43.2 Å². The molecule has 1 heterocycles. The number of guanidine groups is 1. The van der Waals surface area contributed by atoms with Crippen LogP contribution in [0, 0.1) is 0 Å². The fourth-order valence-corrected chi connectivity index (χ4v) is 2.70. The van der Waals surface area contributed by atoms with Crippen molar-refractivity contribution in [2.45, 2.75) is 26.8 Å². The van der Waals surface area contributed by atoms with E-state index in [-0.39, 0.29) is 29.9 Å². The number of rotatable bonds is 7. The SMILES string of the molecule is CCNC(=NCCc1ccc(NC(C)=O)cc1)N(C)Cc1cccn1C.I. The molecule has 0 unspecified atom stereocenters. The molecule has 0 fully saturated rings. The van der Waals surface area contributed by atoms with Crippen molar-refractivity contribution in [1.29, 1.82) is 0 Å². The van der Waals surface area contributed by atoms with E-state index in [1.807, 2.05) is 24.3 Å². The minimum Gasteiger partial charge on any atom is -0.357 e. The molecule has 0 aliphatic rings. The predicted molar refractivity (Wildman–Crippen MR) is 123 cm³/mol. The molecule has 0 bridgehead atoms. The van der Waals surface area contributed by atoms with E-state index in [1.54, 1.807) is 0 Å². The molecule has 1 amide bonds. The Morgan fingerprint density at radius 2 is 1.93 bits per heavy atom. The summed E-state index contributed by atoms with van der Waals surface area (Å²) < 4.78 is 2.12. The molecular weight excluding hydrogens is 453 g/mol. The normalized spacial score (nSPS) is 10.9. The summed E-state index contributed by atoms with van der Waals surface area (Å²) in [5, 5.41) is 6.13. The Morgan fingerprint density at radius 3 is 2.48 bits per heavy atom. The molecule has 27 heavy (non-hydrogen) atoms. The van der Waals surface area contributed by atoms with Gasteiger partial charge in [-0.2, -0.15) is 0 Å². The van der Waals surface area contributed by atoms with Crippen LogP contribution in [0.4, 0.5) is 5.69 Å². The van der Waals surface area contributed by atoms with Crippen LogP contribution in [-0.2, 0) is 24.8 Å². The molecule has 2 N–H and O–H groups in total. The van der Waals surface area contributed by atoms with Crippen molar-refractivity contribution < 1.29 is 4.79 Å². The van der Waals surface area contributed by atoms with Crippen molar-refractivity contribution in [1.82, 2.24) is 14.8 Å². The van der Waals surface area contributed by atoms with Gasteiger partial charge in [0.05, 0.1) is 6.54 Å². The number of aliphatic imine (C=N–C) groups is 1. The molecule has 0 radical (unpaired) electrons. The van der Waals surface area contributed by atoms with Gasteiger partial charge >= 0.3 is 0 Å². The smallest absolute Gasteiger partial charge is 0.221 e. The molecule has 0 aliphatic heterocycles. The highest BCUT2D eigenvalue weighted by Gasteiger charge is 2.08. The summed E-state index contributed by atoms with van der Waals surface area (Å²) in [5.41, 5.74) is 3.26. The van der Waals surface area contributed by atoms with Crippen molar-refractivity contribution in [3.8, 4) is 0 Å². The molecule has 0 saturated carbocycles. The second-order valence-corrected chi connectivity index (χ2v) is 6.33. The van der Waals surface area contributed by atoms with Gasteiger partial charge < -0.3 is 20.1 Å². The van der Waals surface area contributed by atoms with E-state index in [2.05, 4.69) is 59.4 Å². The third-order valence-electron chi connectivity index (χ3n) is 4.08. The van der Waals surface area contributed by atoms with Crippen LogP contribution in [0.5, 0.6) is 0 Å². The van der Waals surface area contributed by atoms with Crippen molar-refractivity contribution in [2.75, 3.05) is 25.5 Å². The van der Waals surface area contributed by atoms with Gasteiger partial charge in [-0.1, -0.05) is 12.1 Å². The van der Waals surface area contributed by atoms with Crippen LogP contribution < -0.4 is 10.6 Å². The highest BCUT2D eigenvalue weighted by molar-refractivity contribution is 14.0. The Morgan fingerprint density at radius 1 is 1.22 bits per heavy atom. The largest absolute Gasteiger partial charge is 0.357 e. The highest BCUT2D eigenvalue weighted by atomic mass is 127. The predicted octanol–water partition coefficient (Wildman–Crippen LogP) is 3.24. The monoisotopic (exact) mass is 483 g/mol.